The molecule has 0 heterocycles. The van der Waals surface area contributed by atoms with Gasteiger partial charge < -0.3 is 20.5 Å². The van der Waals surface area contributed by atoms with E-state index in [0.29, 0.717) is 5.56 Å². The summed E-state index contributed by atoms with van der Waals surface area (Å²) in [5, 5.41) is 14.4. The lowest BCUT2D eigenvalue weighted by Gasteiger charge is -2.33. The Labute approximate surface area is 155 Å². The number of nitrogens with one attached hydrogen (secondary N) is 2. The normalized spacial score (nSPS) is 12.9. The first-order chi connectivity index (χ1) is 11.3. The molecule has 0 saturated heterocycles. The number of halogens is 1. The predicted octanol–water partition coefficient (Wildman–Crippen LogP) is 2.94. The second-order valence-corrected chi connectivity index (χ2v) is 8.02. The van der Waals surface area contributed by atoms with E-state index in [9.17, 15) is 19.5 Å². The molecule has 138 valence electrons. The number of alkyl carbamates (subject to hydrolysis) is 1. The molecule has 0 aliphatic rings. The van der Waals surface area contributed by atoms with Gasteiger partial charge in [0, 0.05) is 10.0 Å². The smallest absolute Gasteiger partial charge is 0.408 e. The molecular formula is C17H23BrN2O5. The van der Waals surface area contributed by atoms with Crippen LogP contribution in [-0.2, 0) is 9.53 Å². The molecule has 1 unspecified atom stereocenters. The molecule has 1 aromatic carbocycles. The summed E-state index contributed by atoms with van der Waals surface area (Å²) in [6.45, 7) is 8.09. The van der Waals surface area contributed by atoms with E-state index in [1.807, 2.05) is 0 Å². The Kier molecular flexibility index (Phi) is 6.59. The largest absolute Gasteiger partial charge is 0.480 e. The van der Waals surface area contributed by atoms with E-state index < -0.39 is 35.2 Å². The maximum absolute atomic E-state index is 12.3. The Morgan fingerprint density at radius 2 is 1.60 bits per heavy atom. The summed E-state index contributed by atoms with van der Waals surface area (Å²) in [5.74, 6) is -1.83. The Morgan fingerprint density at radius 3 is 2.04 bits per heavy atom. The standard InChI is InChI=1S/C17H23BrN2O5/c1-16(2,3)25-15(24)20-17(4,5)12(14(22)23)19-13(21)10-6-8-11(18)9-7-10/h6-9,12H,1-5H3,(H,19,21)(H,20,24)(H,22,23). The van der Waals surface area contributed by atoms with Crippen molar-refractivity contribution in [1.29, 1.82) is 0 Å². The third-order valence-corrected chi connectivity index (χ3v) is 3.70. The van der Waals surface area contributed by atoms with Crippen molar-refractivity contribution in [3.8, 4) is 0 Å². The Hall–Kier alpha value is -2.09. The molecule has 0 radical (unpaired) electrons. The minimum absolute atomic E-state index is 0.308. The molecule has 0 bridgehead atoms. The van der Waals surface area contributed by atoms with Crippen LogP contribution >= 0.6 is 15.9 Å². The molecule has 1 atom stereocenters. The van der Waals surface area contributed by atoms with Crippen LogP contribution in [0.1, 0.15) is 45.0 Å². The molecule has 0 spiro atoms. The Morgan fingerprint density at radius 1 is 1.08 bits per heavy atom. The van der Waals surface area contributed by atoms with Crippen LogP contribution in [-0.4, -0.2) is 40.3 Å². The van der Waals surface area contributed by atoms with Crippen LogP contribution in [0.2, 0.25) is 0 Å². The molecule has 3 N–H and O–H groups in total. The fourth-order valence-corrected chi connectivity index (χ4v) is 2.27. The maximum atomic E-state index is 12.3. The summed E-state index contributed by atoms with van der Waals surface area (Å²) in [5.41, 5.74) is -1.69. The zero-order valence-electron chi connectivity index (χ0n) is 14.8. The first-order valence-electron chi connectivity index (χ1n) is 7.62. The van der Waals surface area contributed by atoms with Crippen molar-refractivity contribution in [2.24, 2.45) is 0 Å². The SMILES string of the molecule is CC(C)(C)OC(=O)NC(C)(C)C(NC(=O)c1ccc(Br)cc1)C(=O)O. The molecule has 1 rings (SSSR count). The van der Waals surface area contributed by atoms with Crippen molar-refractivity contribution in [1.82, 2.24) is 10.6 Å². The van der Waals surface area contributed by atoms with Crippen LogP contribution in [0.3, 0.4) is 0 Å². The van der Waals surface area contributed by atoms with Crippen LogP contribution in [0.4, 0.5) is 4.79 Å². The average Bonchev–Trinajstić information content (AvgIpc) is 2.41. The van der Waals surface area contributed by atoms with E-state index in [0.717, 1.165) is 4.47 Å². The molecule has 7 nitrogen and oxygen atoms in total. The summed E-state index contributed by atoms with van der Waals surface area (Å²) >= 11 is 3.26. The van der Waals surface area contributed by atoms with Crippen LogP contribution < -0.4 is 10.6 Å². The zero-order chi connectivity index (χ0) is 19.4. The number of hydrogen-bond acceptors (Lipinski definition) is 4. The lowest BCUT2D eigenvalue weighted by molar-refractivity contribution is -0.141. The van der Waals surface area contributed by atoms with Gasteiger partial charge in [-0.2, -0.15) is 0 Å². The van der Waals surface area contributed by atoms with Crippen molar-refractivity contribution < 1.29 is 24.2 Å². The molecule has 8 heteroatoms. The van der Waals surface area contributed by atoms with Gasteiger partial charge in [0.25, 0.3) is 5.91 Å². The number of hydrogen-bond donors (Lipinski definition) is 3. The summed E-state index contributed by atoms with van der Waals surface area (Å²) in [7, 11) is 0. The predicted molar refractivity (Wildman–Crippen MR) is 96.5 cm³/mol. The highest BCUT2D eigenvalue weighted by molar-refractivity contribution is 9.10. The highest BCUT2D eigenvalue weighted by Crippen LogP contribution is 2.15. The monoisotopic (exact) mass is 414 g/mol. The highest BCUT2D eigenvalue weighted by atomic mass is 79.9. The van der Waals surface area contributed by atoms with Gasteiger partial charge in [-0.1, -0.05) is 15.9 Å². The van der Waals surface area contributed by atoms with Gasteiger partial charge in [-0.25, -0.2) is 9.59 Å². The second-order valence-electron chi connectivity index (χ2n) is 7.10. The van der Waals surface area contributed by atoms with Gasteiger partial charge >= 0.3 is 12.1 Å². The molecule has 0 aliphatic heterocycles. The summed E-state index contributed by atoms with van der Waals surface area (Å²) < 4.78 is 5.94. The first-order valence-corrected chi connectivity index (χ1v) is 8.41. The maximum Gasteiger partial charge on any atom is 0.408 e. The Bertz CT molecular complexity index is 650. The molecule has 1 aromatic rings. The van der Waals surface area contributed by atoms with Crippen molar-refractivity contribution in [2.45, 2.75) is 51.8 Å². The molecular weight excluding hydrogens is 392 g/mol. The van der Waals surface area contributed by atoms with Crippen molar-refractivity contribution in [3.05, 3.63) is 34.3 Å². The molecule has 0 aromatic heterocycles. The zero-order valence-corrected chi connectivity index (χ0v) is 16.4. The quantitative estimate of drug-likeness (QED) is 0.686. The van der Waals surface area contributed by atoms with Crippen LogP contribution in [0.15, 0.2) is 28.7 Å². The van der Waals surface area contributed by atoms with Crippen LogP contribution in [0.25, 0.3) is 0 Å². The number of carbonyl (C=O) groups is 3. The van der Waals surface area contributed by atoms with Crippen LogP contribution in [0.5, 0.6) is 0 Å². The molecule has 0 aliphatic carbocycles. The third-order valence-electron chi connectivity index (χ3n) is 3.17. The van der Waals surface area contributed by atoms with Gasteiger partial charge in [-0.05, 0) is 58.9 Å². The number of carboxylic acid groups (broad SMARTS) is 1. The Balaban J connectivity index is 2.90. The number of carboxylic acids is 1. The van der Waals surface area contributed by atoms with Gasteiger partial charge in [0.15, 0.2) is 0 Å². The minimum Gasteiger partial charge on any atom is -0.480 e. The third kappa shape index (κ3) is 6.74. The molecule has 2 amide bonds. The molecule has 0 saturated carbocycles. The van der Waals surface area contributed by atoms with Gasteiger partial charge in [-0.15, -0.1) is 0 Å². The van der Waals surface area contributed by atoms with Gasteiger partial charge in [0.1, 0.15) is 11.6 Å². The number of aliphatic carboxylic acids is 1. The second kappa shape index (κ2) is 7.86. The van der Waals surface area contributed by atoms with E-state index in [4.69, 9.17) is 4.74 Å². The van der Waals surface area contributed by atoms with E-state index in [-0.39, 0.29) is 0 Å². The van der Waals surface area contributed by atoms with Gasteiger partial charge in [0.2, 0.25) is 0 Å². The van der Waals surface area contributed by atoms with Crippen molar-refractivity contribution >= 4 is 33.9 Å². The molecule has 25 heavy (non-hydrogen) atoms. The summed E-state index contributed by atoms with van der Waals surface area (Å²) in [4.78, 5) is 35.9. The number of amides is 2. The summed E-state index contributed by atoms with van der Waals surface area (Å²) in [6, 6.07) is 5.12. The van der Waals surface area contributed by atoms with Crippen LogP contribution in [0, 0.1) is 0 Å². The highest BCUT2D eigenvalue weighted by Gasteiger charge is 2.39. The van der Waals surface area contributed by atoms with Gasteiger partial charge in [-0.3, -0.25) is 4.79 Å². The number of ether oxygens (including phenoxy) is 1. The van der Waals surface area contributed by atoms with Crippen molar-refractivity contribution in [3.63, 3.8) is 0 Å². The number of carbonyl (C=O) groups excluding carboxylic acids is 2. The number of benzene rings is 1. The average molecular weight is 415 g/mol. The minimum atomic E-state index is -1.35. The van der Waals surface area contributed by atoms with E-state index in [1.54, 1.807) is 45.0 Å². The lowest BCUT2D eigenvalue weighted by Crippen LogP contribution is -2.62. The topological polar surface area (TPSA) is 105 Å². The fraction of sp³-hybridized carbons (Fsp3) is 0.471. The summed E-state index contributed by atoms with van der Waals surface area (Å²) in [6.07, 6.45) is -0.762. The van der Waals surface area contributed by atoms with E-state index >= 15 is 0 Å². The number of rotatable bonds is 5. The van der Waals surface area contributed by atoms with Gasteiger partial charge in [0.05, 0.1) is 5.54 Å². The van der Waals surface area contributed by atoms with E-state index in [1.165, 1.54) is 13.8 Å². The fourth-order valence-electron chi connectivity index (χ4n) is 2.01. The van der Waals surface area contributed by atoms with E-state index in [2.05, 4.69) is 26.6 Å². The first kappa shape index (κ1) is 21.0. The van der Waals surface area contributed by atoms with Crippen molar-refractivity contribution in [2.75, 3.05) is 0 Å². The lowest BCUT2D eigenvalue weighted by atomic mass is 9.94. The molecule has 0 fully saturated rings.